The van der Waals surface area contributed by atoms with Crippen molar-refractivity contribution in [2.24, 2.45) is 23.7 Å². The molecule has 5 nitrogen and oxygen atoms in total. The number of carbonyl (C=O) groups excluding carboxylic acids is 2. The zero-order chi connectivity index (χ0) is 23.8. The summed E-state index contributed by atoms with van der Waals surface area (Å²) in [6.45, 7) is 8.22. The standard InChI is InChI=1S/C28H37NO4/c1-19(2)25-14-12-20(3)26-17-24(33-28(31)15-13-22-9-7-8-16-29-22)11-6-5-10-23(18-27(25)26)32-21(4)30/h5-9,12-13,15-16,19,23-27H,10-11,14,17-18H2,1-4H3/b6-5-,15-13?. The first-order valence-corrected chi connectivity index (χ1v) is 12.1. The van der Waals surface area contributed by atoms with Crippen molar-refractivity contribution < 1.29 is 19.1 Å². The van der Waals surface area contributed by atoms with Crippen LogP contribution in [0, 0.1) is 23.7 Å². The van der Waals surface area contributed by atoms with Crippen LogP contribution in [0.4, 0.5) is 0 Å². The lowest BCUT2D eigenvalue weighted by Crippen LogP contribution is -2.37. The molecule has 2 aliphatic carbocycles. The molecule has 0 radical (unpaired) electrons. The number of hydrogen-bond acceptors (Lipinski definition) is 5. The molecule has 33 heavy (non-hydrogen) atoms. The average molecular weight is 452 g/mol. The molecule has 1 heterocycles. The van der Waals surface area contributed by atoms with Gasteiger partial charge in [-0.3, -0.25) is 9.78 Å². The molecule has 0 aromatic carbocycles. The number of pyridine rings is 1. The van der Waals surface area contributed by atoms with Gasteiger partial charge in [-0.15, -0.1) is 0 Å². The van der Waals surface area contributed by atoms with E-state index in [1.54, 1.807) is 12.3 Å². The Morgan fingerprint density at radius 2 is 1.79 bits per heavy atom. The van der Waals surface area contributed by atoms with Crippen molar-refractivity contribution in [3.63, 3.8) is 0 Å². The fourth-order valence-electron chi connectivity index (χ4n) is 5.28. The molecule has 178 valence electrons. The summed E-state index contributed by atoms with van der Waals surface area (Å²) in [5, 5.41) is 0. The fourth-order valence-corrected chi connectivity index (χ4v) is 5.28. The third-order valence-corrected chi connectivity index (χ3v) is 6.93. The van der Waals surface area contributed by atoms with Gasteiger partial charge in [-0.1, -0.05) is 43.7 Å². The number of fused-ring (bicyclic) bond motifs is 1. The Bertz CT molecular complexity index is 886. The number of ether oxygens (including phenoxy) is 2. The van der Waals surface area contributed by atoms with Gasteiger partial charge >= 0.3 is 11.9 Å². The van der Waals surface area contributed by atoms with Crippen LogP contribution in [-0.2, 0) is 19.1 Å². The van der Waals surface area contributed by atoms with E-state index < -0.39 is 0 Å². The van der Waals surface area contributed by atoms with Crippen LogP contribution in [-0.4, -0.2) is 29.1 Å². The van der Waals surface area contributed by atoms with Crippen LogP contribution in [0.1, 0.15) is 65.5 Å². The van der Waals surface area contributed by atoms with Gasteiger partial charge in [0.05, 0.1) is 5.69 Å². The van der Waals surface area contributed by atoms with Crippen LogP contribution in [0.3, 0.4) is 0 Å². The molecule has 0 spiro atoms. The fraction of sp³-hybridized carbons (Fsp3) is 0.536. The van der Waals surface area contributed by atoms with Crippen LogP contribution in [0.25, 0.3) is 6.08 Å². The minimum Gasteiger partial charge on any atom is -0.462 e. The predicted molar refractivity (Wildman–Crippen MR) is 130 cm³/mol. The Labute approximate surface area is 198 Å². The van der Waals surface area contributed by atoms with Crippen molar-refractivity contribution in [3.8, 4) is 0 Å². The number of allylic oxidation sites excluding steroid dienone is 2. The van der Waals surface area contributed by atoms with Crippen molar-refractivity contribution in [1.29, 1.82) is 0 Å². The average Bonchev–Trinajstić information content (AvgIpc) is 2.77. The number of esters is 2. The second-order valence-corrected chi connectivity index (χ2v) is 9.65. The highest BCUT2D eigenvalue weighted by atomic mass is 16.5. The lowest BCUT2D eigenvalue weighted by atomic mass is 9.64. The van der Waals surface area contributed by atoms with Gasteiger partial charge in [0.15, 0.2) is 0 Å². The molecule has 1 aromatic rings. The highest BCUT2D eigenvalue weighted by Gasteiger charge is 2.38. The molecule has 5 atom stereocenters. The van der Waals surface area contributed by atoms with E-state index in [2.05, 4.69) is 44.0 Å². The molecule has 0 saturated heterocycles. The SMILES string of the molecule is CC(=O)OC1C/C=C\CC(OC(=O)C=Cc2ccccn2)CC2C(C)=CCC(C(C)C)C2C1. The maximum absolute atomic E-state index is 12.6. The quantitative estimate of drug-likeness (QED) is 0.316. The zero-order valence-electron chi connectivity index (χ0n) is 20.3. The third-order valence-electron chi connectivity index (χ3n) is 6.93. The largest absolute Gasteiger partial charge is 0.462 e. The van der Waals surface area contributed by atoms with Crippen molar-refractivity contribution in [1.82, 2.24) is 4.98 Å². The molecule has 2 aliphatic rings. The minimum atomic E-state index is -0.344. The molecule has 3 rings (SSSR count). The molecule has 1 aromatic heterocycles. The summed E-state index contributed by atoms with van der Waals surface area (Å²) >= 11 is 0. The summed E-state index contributed by atoms with van der Waals surface area (Å²) in [5.74, 6) is 1.16. The van der Waals surface area contributed by atoms with Crippen LogP contribution in [0.15, 0.2) is 54.3 Å². The van der Waals surface area contributed by atoms with E-state index in [1.807, 2.05) is 18.2 Å². The monoisotopic (exact) mass is 451 g/mol. The van der Waals surface area contributed by atoms with Crippen LogP contribution in [0.5, 0.6) is 0 Å². The maximum Gasteiger partial charge on any atom is 0.331 e. The van der Waals surface area contributed by atoms with E-state index in [9.17, 15) is 9.59 Å². The lowest BCUT2D eigenvalue weighted by Gasteiger charge is -2.42. The van der Waals surface area contributed by atoms with Gasteiger partial charge < -0.3 is 9.47 Å². The molecule has 0 aliphatic heterocycles. The minimum absolute atomic E-state index is 0.112. The van der Waals surface area contributed by atoms with Gasteiger partial charge in [0.2, 0.25) is 0 Å². The first-order valence-electron chi connectivity index (χ1n) is 12.1. The number of hydrogen-bond donors (Lipinski definition) is 0. The van der Waals surface area contributed by atoms with E-state index in [4.69, 9.17) is 9.47 Å². The van der Waals surface area contributed by atoms with E-state index in [0.717, 1.165) is 25.0 Å². The third kappa shape index (κ3) is 7.41. The Hall–Kier alpha value is -2.69. The van der Waals surface area contributed by atoms with E-state index in [-0.39, 0.29) is 24.1 Å². The summed E-state index contributed by atoms with van der Waals surface area (Å²) in [6.07, 6.45) is 15.0. The highest BCUT2D eigenvalue weighted by Crippen LogP contribution is 2.44. The van der Waals surface area contributed by atoms with Gasteiger partial charge in [0.25, 0.3) is 0 Å². The molecule has 0 fully saturated rings. The van der Waals surface area contributed by atoms with Gasteiger partial charge in [0.1, 0.15) is 12.2 Å². The second-order valence-electron chi connectivity index (χ2n) is 9.65. The van der Waals surface area contributed by atoms with Gasteiger partial charge in [-0.2, -0.15) is 0 Å². The lowest BCUT2D eigenvalue weighted by molar-refractivity contribution is -0.148. The molecule has 0 saturated carbocycles. The number of rotatable bonds is 5. The molecular weight excluding hydrogens is 414 g/mol. The second kappa shape index (κ2) is 12.0. The van der Waals surface area contributed by atoms with Crippen molar-refractivity contribution in [3.05, 3.63) is 60.0 Å². The van der Waals surface area contributed by atoms with Crippen LogP contribution >= 0.6 is 0 Å². The van der Waals surface area contributed by atoms with E-state index >= 15 is 0 Å². The molecular formula is C28H37NO4. The summed E-state index contributed by atoms with van der Waals surface area (Å²) in [4.78, 5) is 28.5. The van der Waals surface area contributed by atoms with Crippen molar-refractivity contribution >= 4 is 18.0 Å². The molecule has 0 N–H and O–H groups in total. The Morgan fingerprint density at radius 1 is 1.06 bits per heavy atom. The highest BCUT2D eigenvalue weighted by molar-refractivity contribution is 5.86. The van der Waals surface area contributed by atoms with Crippen molar-refractivity contribution in [2.45, 2.75) is 72.0 Å². The Kier molecular flexibility index (Phi) is 9.04. The van der Waals surface area contributed by atoms with Crippen LogP contribution < -0.4 is 0 Å². The molecule has 5 unspecified atom stereocenters. The van der Waals surface area contributed by atoms with E-state index in [1.165, 1.54) is 18.6 Å². The Balaban J connectivity index is 1.80. The number of aromatic nitrogens is 1. The summed E-state index contributed by atoms with van der Waals surface area (Å²) in [5.41, 5.74) is 2.08. The normalized spacial score (nSPS) is 29.1. The summed E-state index contributed by atoms with van der Waals surface area (Å²) in [7, 11) is 0. The molecule has 5 heteroatoms. The predicted octanol–water partition coefficient (Wildman–Crippen LogP) is 5.92. The summed E-state index contributed by atoms with van der Waals surface area (Å²) in [6, 6.07) is 5.58. The van der Waals surface area contributed by atoms with Gasteiger partial charge in [-0.05, 0) is 68.1 Å². The van der Waals surface area contributed by atoms with Crippen molar-refractivity contribution in [2.75, 3.05) is 0 Å². The van der Waals surface area contributed by atoms with Gasteiger partial charge in [0, 0.05) is 32.0 Å². The number of carbonyl (C=O) groups is 2. The van der Waals surface area contributed by atoms with Gasteiger partial charge in [-0.25, -0.2) is 4.79 Å². The maximum atomic E-state index is 12.6. The first-order chi connectivity index (χ1) is 15.8. The van der Waals surface area contributed by atoms with E-state index in [0.29, 0.717) is 36.5 Å². The molecule has 0 bridgehead atoms. The number of nitrogens with zero attached hydrogens (tertiary/aromatic N) is 1. The molecule has 0 amide bonds. The zero-order valence-corrected chi connectivity index (χ0v) is 20.3. The Morgan fingerprint density at radius 3 is 2.42 bits per heavy atom. The van der Waals surface area contributed by atoms with Crippen LogP contribution in [0.2, 0.25) is 0 Å². The first kappa shape index (κ1) is 24.9. The smallest absolute Gasteiger partial charge is 0.331 e. The summed E-state index contributed by atoms with van der Waals surface area (Å²) < 4.78 is 11.6. The topological polar surface area (TPSA) is 65.5 Å².